The first-order chi connectivity index (χ1) is 17.7. The lowest BCUT2D eigenvalue weighted by Crippen LogP contribution is -2.42. The van der Waals surface area contributed by atoms with Crippen LogP contribution in [0.1, 0.15) is 16.7 Å². The van der Waals surface area contributed by atoms with E-state index >= 15 is 0 Å². The van der Waals surface area contributed by atoms with E-state index in [1.165, 1.54) is 12.1 Å². The first-order valence-corrected chi connectivity index (χ1v) is 13.8. The predicted molar refractivity (Wildman–Crippen MR) is 148 cm³/mol. The molecule has 0 aliphatic rings. The summed E-state index contributed by atoms with van der Waals surface area (Å²) < 4.78 is 37.3. The van der Waals surface area contributed by atoms with E-state index in [0.29, 0.717) is 27.7 Å². The number of aryl methyl sites for hydroxylation is 2. The van der Waals surface area contributed by atoms with Crippen molar-refractivity contribution in [1.82, 2.24) is 10.3 Å². The number of carbonyl (C=O) groups is 1. The maximum Gasteiger partial charge on any atom is 0.340 e. The summed E-state index contributed by atoms with van der Waals surface area (Å²) in [6, 6.07) is 17.8. The molecule has 2 N–H and O–H groups in total. The van der Waals surface area contributed by atoms with Crippen molar-refractivity contribution >= 4 is 60.5 Å². The normalized spacial score (nSPS) is 11.8. The SMILES string of the molecule is Cc1c(CC(=O)NNS(=O)(=O)c2ccc(I)cc2)c(=O)oc2c(C)c3occ(-c4ccccc4)c3cc12. The van der Waals surface area contributed by atoms with Crippen LogP contribution < -0.4 is 15.9 Å². The molecule has 8 nitrogen and oxygen atoms in total. The van der Waals surface area contributed by atoms with Gasteiger partial charge in [-0.3, -0.25) is 10.2 Å². The molecule has 0 saturated heterocycles. The summed E-state index contributed by atoms with van der Waals surface area (Å²) in [5.41, 5.74) is 5.78. The van der Waals surface area contributed by atoms with Crippen LogP contribution in [0.15, 0.2) is 85.5 Å². The smallest absolute Gasteiger partial charge is 0.340 e. The van der Waals surface area contributed by atoms with E-state index < -0.39 is 21.6 Å². The molecule has 0 saturated carbocycles. The van der Waals surface area contributed by atoms with Gasteiger partial charge in [-0.05, 0) is 77.9 Å². The first-order valence-electron chi connectivity index (χ1n) is 11.2. The maximum absolute atomic E-state index is 12.8. The van der Waals surface area contributed by atoms with E-state index in [2.05, 4.69) is 32.8 Å². The number of amides is 1. The molecule has 0 spiro atoms. The second kappa shape index (κ2) is 9.77. The number of nitrogens with one attached hydrogen (secondary N) is 2. The topological polar surface area (TPSA) is 119 Å². The van der Waals surface area contributed by atoms with Gasteiger partial charge in [0.2, 0.25) is 5.91 Å². The van der Waals surface area contributed by atoms with E-state index in [1.807, 2.05) is 43.3 Å². The van der Waals surface area contributed by atoms with Crippen LogP contribution in [0.2, 0.25) is 0 Å². The van der Waals surface area contributed by atoms with Crippen LogP contribution in [-0.2, 0) is 21.2 Å². The van der Waals surface area contributed by atoms with Gasteiger partial charge in [0, 0.05) is 25.5 Å². The molecular formula is C27H21IN2O6S. The standard InChI is InChI=1S/C27H21IN2O6S/c1-15-20-12-22-23(17-6-4-3-5-7-17)14-35-25(22)16(2)26(20)36-27(32)21(15)13-24(31)29-30-37(33,34)19-10-8-18(28)9-11-19/h3-12,14,30H,13H2,1-2H3,(H,29,31). The number of fused-ring (bicyclic) bond motifs is 2. The fraction of sp³-hybridized carbons (Fsp3) is 0.111. The van der Waals surface area contributed by atoms with E-state index in [9.17, 15) is 18.0 Å². The fourth-order valence-corrected chi connectivity index (χ4v) is 5.46. The Morgan fingerprint density at radius 1 is 0.946 bits per heavy atom. The third-order valence-electron chi connectivity index (χ3n) is 6.21. The molecule has 0 atom stereocenters. The van der Waals surface area contributed by atoms with Crippen molar-refractivity contribution in [2.45, 2.75) is 25.2 Å². The molecule has 2 heterocycles. The highest BCUT2D eigenvalue weighted by atomic mass is 127. The van der Waals surface area contributed by atoms with Crippen LogP contribution in [0.4, 0.5) is 0 Å². The van der Waals surface area contributed by atoms with Gasteiger partial charge in [0.15, 0.2) is 0 Å². The molecule has 0 fully saturated rings. The molecule has 5 rings (SSSR count). The monoisotopic (exact) mass is 628 g/mol. The first kappa shape index (κ1) is 25.2. The van der Waals surface area contributed by atoms with Crippen molar-refractivity contribution in [3.63, 3.8) is 0 Å². The van der Waals surface area contributed by atoms with Crippen molar-refractivity contribution in [2.24, 2.45) is 0 Å². The van der Waals surface area contributed by atoms with E-state index in [0.717, 1.165) is 20.1 Å². The summed E-state index contributed by atoms with van der Waals surface area (Å²) >= 11 is 2.06. The van der Waals surface area contributed by atoms with Crippen molar-refractivity contribution < 1.29 is 22.0 Å². The number of halogens is 1. The van der Waals surface area contributed by atoms with Crippen molar-refractivity contribution in [3.05, 3.63) is 97.6 Å². The van der Waals surface area contributed by atoms with Gasteiger partial charge in [-0.2, -0.15) is 0 Å². The minimum atomic E-state index is -3.97. The molecule has 0 bridgehead atoms. The zero-order valence-corrected chi connectivity index (χ0v) is 22.8. The number of rotatable bonds is 6. The number of furan rings is 1. The Labute approximate surface area is 225 Å². The number of hydrogen-bond donors (Lipinski definition) is 2. The molecular weight excluding hydrogens is 607 g/mol. The summed E-state index contributed by atoms with van der Waals surface area (Å²) in [7, 11) is -3.97. The molecule has 3 aromatic carbocycles. The Kier molecular flexibility index (Phi) is 6.65. The Morgan fingerprint density at radius 2 is 1.65 bits per heavy atom. The molecule has 37 heavy (non-hydrogen) atoms. The van der Waals surface area contributed by atoms with Gasteiger partial charge in [-0.25, -0.2) is 13.2 Å². The number of hydrazine groups is 1. The highest BCUT2D eigenvalue weighted by Gasteiger charge is 2.21. The third-order valence-corrected chi connectivity index (χ3v) is 8.20. The molecule has 0 aliphatic carbocycles. The van der Waals surface area contributed by atoms with Gasteiger partial charge in [-0.1, -0.05) is 30.3 Å². The lowest BCUT2D eigenvalue weighted by atomic mass is 9.97. The number of carbonyl (C=O) groups excluding carboxylic acids is 1. The lowest BCUT2D eigenvalue weighted by Gasteiger charge is -2.11. The maximum atomic E-state index is 12.8. The Morgan fingerprint density at radius 3 is 2.35 bits per heavy atom. The fourth-order valence-electron chi connectivity index (χ4n) is 4.24. The van der Waals surface area contributed by atoms with Crippen molar-refractivity contribution in [2.75, 3.05) is 0 Å². The summed E-state index contributed by atoms with van der Waals surface area (Å²) in [6.45, 7) is 3.56. The number of benzene rings is 3. The van der Waals surface area contributed by atoms with Gasteiger partial charge in [0.25, 0.3) is 10.0 Å². The van der Waals surface area contributed by atoms with E-state index in [1.54, 1.807) is 25.3 Å². The van der Waals surface area contributed by atoms with Crippen LogP contribution in [0.5, 0.6) is 0 Å². The number of sulfonamides is 1. The van der Waals surface area contributed by atoms with Crippen LogP contribution >= 0.6 is 22.6 Å². The summed E-state index contributed by atoms with van der Waals surface area (Å²) in [4.78, 5) is 27.5. The minimum Gasteiger partial charge on any atom is -0.463 e. The zero-order chi connectivity index (χ0) is 26.3. The van der Waals surface area contributed by atoms with Crippen LogP contribution in [0.25, 0.3) is 33.1 Å². The molecule has 0 radical (unpaired) electrons. The second-order valence-electron chi connectivity index (χ2n) is 8.55. The predicted octanol–water partition coefficient (Wildman–Crippen LogP) is 4.98. The average molecular weight is 628 g/mol. The number of hydrogen-bond acceptors (Lipinski definition) is 6. The summed E-state index contributed by atoms with van der Waals surface area (Å²) in [6.07, 6.45) is 1.31. The van der Waals surface area contributed by atoms with Crippen molar-refractivity contribution in [3.8, 4) is 11.1 Å². The Hall–Kier alpha value is -3.48. The molecule has 5 aromatic rings. The zero-order valence-electron chi connectivity index (χ0n) is 19.8. The van der Waals surface area contributed by atoms with Gasteiger partial charge in [-0.15, -0.1) is 4.83 Å². The Bertz CT molecular complexity index is 1830. The van der Waals surface area contributed by atoms with Gasteiger partial charge in [0.1, 0.15) is 11.2 Å². The van der Waals surface area contributed by atoms with Crippen LogP contribution in [-0.4, -0.2) is 14.3 Å². The van der Waals surface area contributed by atoms with E-state index in [4.69, 9.17) is 8.83 Å². The van der Waals surface area contributed by atoms with Gasteiger partial charge in [0.05, 0.1) is 23.1 Å². The van der Waals surface area contributed by atoms with Crippen molar-refractivity contribution in [1.29, 1.82) is 0 Å². The lowest BCUT2D eigenvalue weighted by molar-refractivity contribution is -0.120. The summed E-state index contributed by atoms with van der Waals surface area (Å²) in [5.74, 6) is -0.699. The highest BCUT2D eigenvalue weighted by Crippen LogP contribution is 2.37. The highest BCUT2D eigenvalue weighted by molar-refractivity contribution is 14.1. The second-order valence-corrected chi connectivity index (χ2v) is 11.5. The quantitative estimate of drug-likeness (QED) is 0.156. The molecule has 2 aromatic heterocycles. The Balaban J connectivity index is 1.47. The third kappa shape index (κ3) is 4.79. The molecule has 0 aliphatic heterocycles. The molecule has 10 heteroatoms. The summed E-state index contributed by atoms with van der Waals surface area (Å²) in [5, 5.41) is 1.53. The molecule has 188 valence electrons. The van der Waals surface area contributed by atoms with Gasteiger partial charge < -0.3 is 8.83 Å². The minimum absolute atomic E-state index is 0.00319. The van der Waals surface area contributed by atoms with E-state index in [-0.39, 0.29) is 16.9 Å². The molecule has 1 amide bonds. The van der Waals surface area contributed by atoms with Gasteiger partial charge >= 0.3 is 5.63 Å². The average Bonchev–Trinajstić information content (AvgIpc) is 3.31. The van der Waals surface area contributed by atoms with Crippen LogP contribution in [0.3, 0.4) is 0 Å². The largest absolute Gasteiger partial charge is 0.463 e. The molecule has 0 unspecified atom stereocenters. The van der Waals surface area contributed by atoms with Crippen LogP contribution in [0, 0.1) is 17.4 Å².